The summed E-state index contributed by atoms with van der Waals surface area (Å²) in [6, 6.07) is 16.3. The van der Waals surface area contributed by atoms with Crippen LogP contribution in [0.25, 0.3) is 22.3 Å². The van der Waals surface area contributed by atoms with Crippen LogP contribution in [-0.4, -0.2) is 26.1 Å². The highest BCUT2D eigenvalue weighted by Crippen LogP contribution is 2.19. The largest absolute Gasteiger partial charge is 0.350 e. The number of hydrogen-bond donors (Lipinski definition) is 1. The van der Waals surface area contributed by atoms with E-state index >= 15 is 0 Å². The quantitative estimate of drug-likeness (QED) is 0.490. The normalized spacial score (nSPS) is 10.9. The smallest absolute Gasteiger partial charge is 0.220 e. The number of benzene rings is 1. The predicted octanol–water partition coefficient (Wildman–Crippen LogP) is 4.17. The molecule has 3 aromatic heterocycles. The fourth-order valence-corrected chi connectivity index (χ4v) is 3.25. The zero-order valence-electron chi connectivity index (χ0n) is 17.2. The third kappa shape index (κ3) is 5.25. The van der Waals surface area contributed by atoms with Crippen molar-refractivity contribution in [3.63, 3.8) is 0 Å². The zero-order chi connectivity index (χ0) is 21.6. The molecule has 31 heavy (non-hydrogen) atoms. The van der Waals surface area contributed by atoms with Gasteiger partial charge in [-0.15, -0.1) is 0 Å². The van der Waals surface area contributed by atoms with Gasteiger partial charge < -0.3 is 5.32 Å². The molecule has 0 aliphatic rings. The molecule has 156 valence electrons. The van der Waals surface area contributed by atoms with Gasteiger partial charge in [-0.25, -0.2) is 14.4 Å². The summed E-state index contributed by atoms with van der Waals surface area (Å²) in [6.45, 7) is 2.02. The molecule has 0 aliphatic heterocycles. The molecule has 4 rings (SSSR count). The monoisotopic (exact) mass is 415 g/mol. The van der Waals surface area contributed by atoms with Crippen LogP contribution in [0.1, 0.15) is 29.8 Å². The molecule has 1 N–H and O–H groups in total. The molecule has 0 radical (unpaired) electrons. The summed E-state index contributed by atoms with van der Waals surface area (Å²) in [4.78, 5) is 20.9. The minimum Gasteiger partial charge on any atom is -0.350 e. The number of aryl methyl sites for hydroxylation is 2. The second kappa shape index (κ2) is 9.38. The molecule has 3 heterocycles. The zero-order valence-corrected chi connectivity index (χ0v) is 17.2. The number of carbonyl (C=O) groups is 1. The molecular weight excluding hydrogens is 393 g/mol. The van der Waals surface area contributed by atoms with Gasteiger partial charge in [0, 0.05) is 29.3 Å². The Kier molecular flexibility index (Phi) is 6.21. The van der Waals surface area contributed by atoms with Gasteiger partial charge in [0.1, 0.15) is 5.82 Å². The molecule has 6 nitrogen and oxygen atoms in total. The predicted molar refractivity (Wildman–Crippen MR) is 116 cm³/mol. The van der Waals surface area contributed by atoms with Crippen molar-refractivity contribution >= 4 is 16.9 Å². The number of carbonyl (C=O) groups excluding carboxylic acids is 1. The number of rotatable bonds is 7. The molecule has 1 aromatic carbocycles. The molecule has 0 atom stereocenters. The van der Waals surface area contributed by atoms with E-state index < -0.39 is 0 Å². The lowest BCUT2D eigenvalue weighted by Gasteiger charge is -2.06. The van der Waals surface area contributed by atoms with Gasteiger partial charge in [-0.1, -0.05) is 0 Å². The first-order chi connectivity index (χ1) is 15.1. The van der Waals surface area contributed by atoms with Crippen molar-refractivity contribution in [2.75, 3.05) is 0 Å². The fraction of sp³-hybridized carbons (Fsp3) is 0.208. The Bertz CT molecular complexity index is 1210. The summed E-state index contributed by atoms with van der Waals surface area (Å²) in [5.41, 5.74) is 4.35. The number of halogens is 1. The van der Waals surface area contributed by atoms with Crippen LogP contribution in [0.4, 0.5) is 4.39 Å². The van der Waals surface area contributed by atoms with Crippen LogP contribution in [0.15, 0.2) is 60.8 Å². The standard InChI is InChI=1S/C24H22FN5O/c1-16-14-18(8-11-21(16)25)22-12-10-20(29-30-22)15-27-23(31)6-2-5-19-9-7-17-4-3-13-26-24(17)28-19/h3-4,7-14H,2,5-6,15H2,1H3,(H,27,31). The molecule has 1 amide bonds. The Morgan fingerprint density at radius 1 is 1.03 bits per heavy atom. The van der Waals surface area contributed by atoms with E-state index in [-0.39, 0.29) is 11.7 Å². The van der Waals surface area contributed by atoms with Crippen molar-refractivity contribution in [3.05, 3.63) is 83.6 Å². The van der Waals surface area contributed by atoms with Crippen molar-refractivity contribution in [2.45, 2.75) is 32.7 Å². The van der Waals surface area contributed by atoms with Crippen molar-refractivity contribution in [3.8, 4) is 11.3 Å². The Morgan fingerprint density at radius 2 is 1.90 bits per heavy atom. The van der Waals surface area contributed by atoms with Gasteiger partial charge in [-0.2, -0.15) is 10.2 Å². The molecule has 0 bridgehead atoms. The first kappa shape index (κ1) is 20.5. The molecule has 0 unspecified atom stereocenters. The lowest BCUT2D eigenvalue weighted by Crippen LogP contribution is -2.23. The van der Waals surface area contributed by atoms with Crippen LogP contribution in [0, 0.1) is 12.7 Å². The highest BCUT2D eigenvalue weighted by Gasteiger charge is 2.07. The fourth-order valence-electron chi connectivity index (χ4n) is 3.25. The second-order valence-corrected chi connectivity index (χ2v) is 7.36. The van der Waals surface area contributed by atoms with Gasteiger partial charge in [0.05, 0.1) is 17.9 Å². The minimum absolute atomic E-state index is 0.0426. The number of fused-ring (bicyclic) bond motifs is 1. The maximum Gasteiger partial charge on any atom is 0.220 e. The number of hydrogen-bond acceptors (Lipinski definition) is 5. The van der Waals surface area contributed by atoms with E-state index in [1.807, 2.05) is 36.4 Å². The average molecular weight is 415 g/mol. The lowest BCUT2D eigenvalue weighted by atomic mass is 10.1. The summed E-state index contributed by atoms with van der Waals surface area (Å²) >= 11 is 0. The van der Waals surface area contributed by atoms with Gasteiger partial charge in [0.25, 0.3) is 0 Å². The van der Waals surface area contributed by atoms with Crippen LogP contribution in [0.5, 0.6) is 0 Å². The van der Waals surface area contributed by atoms with Crippen LogP contribution in [0.3, 0.4) is 0 Å². The van der Waals surface area contributed by atoms with Gasteiger partial charge in [-0.3, -0.25) is 4.79 Å². The third-order valence-electron chi connectivity index (χ3n) is 5.00. The maximum absolute atomic E-state index is 13.4. The summed E-state index contributed by atoms with van der Waals surface area (Å²) in [7, 11) is 0. The molecular formula is C24H22FN5O. The van der Waals surface area contributed by atoms with Crippen molar-refractivity contribution in [2.24, 2.45) is 0 Å². The van der Waals surface area contributed by atoms with Crippen molar-refractivity contribution in [1.29, 1.82) is 0 Å². The highest BCUT2D eigenvalue weighted by atomic mass is 19.1. The van der Waals surface area contributed by atoms with Gasteiger partial charge in [-0.05, 0) is 79.9 Å². The summed E-state index contributed by atoms with van der Waals surface area (Å²) in [6.07, 6.45) is 3.54. The van der Waals surface area contributed by atoms with Crippen LogP contribution < -0.4 is 5.32 Å². The van der Waals surface area contributed by atoms with Crippen LogP contribution in [-0.2, 0) is 17.8 Å². The molecule has 0 saturated carbocycles. The van der Waals surface area contributed by atoms with E-state index in [0.29, 0.717) is 42.8 Å². The Morgan fingerprint density at radius 3 is 2.71 bits per heavy atom. The molecule has 0 saturated heterocycles. The average Bonchev–Trinajstić information content (AvgIpc) is 2.80. The minimum atomic E-state index is -0.246. The van der Waals surface area contributed by atoms with E-state index in [0.717, 1.165) is 22.3 Å². The second-order valence-electron chi connectivity index (χ2n) is 7.36. The SMILES string of the molecule is Cc1cc(-c2ccc(CNC(=O)CCCc3ccc4cccnc4n3)nn2)ccc1F. The first-order valence-electron chi connectivity index (χ1n) is 10.1. The topological polar surface area (TPSA) is 80.7 Å². The Labute approximate surface area is 179 Å². The third-order valence-corrected chi connectivity index (χ3v) is 5.00. The lowest BCUT2D eigenvalue weighted by molar-refractivity contribution is -0.121. The summed E-state index contributed by atoms with van der Waals surface area (Å²) < 4.78 is 13.4. The van der Waals surface area contributed by atoms with Crippen LogP contribution >= 0.6 is 0 Å². The summed E-state index contributed by atoms with van der Waals surface area (Å²) in [5, 5.41) is 12.2. The molecule has 0 aliphatic carbocycles. The van der Waals surface area contributed by atoms with E-state index in [1.165, 1.54) is 6.07 Å². The van der Waals surface area contributed by atoms with Crippen molar-refractivity contribution in [1.82, 2.24) is 25.5 Å². The van der Waals surface area contributed by atoms with E-state index in [9.17, 15) is 9.18 Å². The maximum atomic E-state index is 13.4. The molecule has 4 aromatic rings. The number of aromatic nitrogens is 4. The van der Waals surface area contributed by atoms with E-state index in [4.69, 9.17) is 0 Å². The molecule has 0 fully saturated rings. The first-order valence-corrected chi connectivity index (χ1v) is 10.1. The molecule has 0 spiro atoms. The van der Waals surface area contributed by atoms with E-state index in [2.05, 4.69) is 25.5 Å². The highest BCUT2D eigenvalue weighted by molar-refractivity contribution is 5.76. The number of nitrogens with zero attached hydrogens (tertiary/aromatic N) is 4. The van der Waals surface area contributed by atoms with E-state index in [1.54, 1.807) is 25.3 Å². The number of pyridine rings is 2. The Balaban J connectivity index is 1.25. The molecule has 7 heteroatoms. The number of amides is 1. The summed E-state index contributed by atoms with van der Waals surface area (Å²) in [5.74, 6) is -0.289. The van der Waals surface area contributed by atoms with Gasteiger partial charge >= 0.3 is 0 Å². The number of nitrogens with one attached hydrogen (secondary N) is 1. The van der Waals surface area contributed by atoms with Gasteiger partial charge in [0.2, 0.25) is 5.91 Å². The van der Waals surface area contributed by atoms with Crippen molar-refractivity contribution < 1.29 is 9.18 Å². The van der Waals surface area contributed by atoms with Gasteiger partial charge in [0.15, 0.2) is 5.65 Å². The Hall–Kier alpha value is -3.74. The van der Waals surface area contributed by atoms with Crippen LogP contribution in [0.2, 0.25) is 0 Å².